The van der Waals surface area contributed by atoms with Crippen LogP contribution in [0.1, 0.15) is 35.6 Å². The summed E-state index contributed by atoms with van der Waals surface area (Å²) in [5.74, 6) is 0.552. The number of fused-ring (bicyclic) bond motifs is 2. The largest absolute Gasteiger partial charge is 0.0808 e. The average Bonchev–Trinajstić information content (AvgIpc) is 3.00. The Kier molecular flexibility index (Phi) is 3.94. The van der Waals surface area contributed by atoms with Crippen molar-refractivity contribution in [2.45, 2.75) is 18.8 Å². The van der Waals surface area contributed by atoms with Gasteiger partial charge in [-0.15, -0.1) is 0 Å². The van der Waals surface area contributed by atoms with E-state index in [1.54, 1.807) is 0 Å². The number of hydrogen-bond acceptors (Lipinski definition) is 0. The molecule has 1 heteroatoms. The number of rotatable bonds is 2. The van der Waals surface area contributed by atoms with Crippen LogP contribution in [0.25, 0.3) is 5.57 Å². The molecule has 0 nitrogen and oxygen atoms in total. The van der Waals surface area contributed by atoms with Gasteiger partial charge in [0.05, 0.1) is 5.41 Å². The van der Waals surface area contributed by atoms with Gasteiger partial charge in [0.1, 0.15) is 0 Å². The summed E-state index contributed by atoms with van der Waals surface area (Å²) in [4.78, 5) is 0. The quantitative estimate of drug-likeness (QED) is 0.419. The maximum absolute atomic E-state index is 3.61. The highest BCUT2D eigenvalue weighted by molar-refractivity contribution is 9.10. The highest BCUT2D eigenvalue weighted by Gasteiger charge is 2.47. The minimum atomic E-state index is -0.215. The lowest BCUT2D eigenvalue weighted by Gasteiger charge is -2.37. The standard InChI is InChI=1S/C26H21Br/c1-18-11-16-23-22-9-5-6-10-24(22)26(25(23)17-18,19-7-3-2-4-8-19)20-12-14-21(27)15-13-20/h2-16,18H,17H2,1H3. The van der Waals surface area contributed by atoms with Gasteiger partial charge in [0, 0.05) is 4.47 Å². The predicted octanol–water partition coefficient (Wildman–Crippen LogP) is 7.15. The molecule has 2 aliphatic carbocycles. The van der Waals surface area contributed by atoms with E-state index in [1.807, 2.05) is 0 Å². The van der Waals surface area contributed by atoms with Gasteiger partial charge < -0.3 is 0 Å². The Labute approximate surface area is 169 Å². The van der Waals surface area contributed by atoms with Crippen molar-refractivity contribution in [3.8, 4) is 0 Å². The summed E-state index contributed by atoms with van der Waals surface area (Å²) in [6, 6.07) is 28.9. The Morgan fingerprint density at radius 3 is 2.26 bits per heavy atom. The average molecular weight is 413 g/mol. The second-order valence-corrected chi connectivity index (χ2v) is 8.52. The minimum absolute atomic E-state index is 0.215. The van der Waals surface area contributed by atoms with E-state index < -0.39 is 0 Å². The summed E-state index contributed by atoms with van der Waals surface area (Å²) < 4.78 is 1.12. The first-order valence-corrected chi connectivity index (χ1v) is 10.3. The molecule has 3 aromatic rings. The number of halogens is 1. The summed E-state index contributed by atoms with van der Waals surface area (Å²) in [5.41, 5.74) is 8.21. The number of hydrogen-bond donors (Lipinski definition) is 0. The van der Waals surface area contributed by atoms with Crippen molar-refractivity contribution < 1.29 is 0 Å². The Bertz CT molecular complexity index is 1060. The first-order valence-electron chi connectivity index (χ1n) is 9.54. The molecule has 2 aliphatic rings. The van der Waals surface area contributed by atoms with Crippen molar-refractivity contribution in [1.29, 1.82) is 0 Å². The molecule has 2 unspecified atom stereocenters. The fraction of sp³-hybridized carbons (Fsp3) is 0.154. The Morgan fingerprint density at radius 1 is 0.815 bits per heavy atom. The molecule has 0 saturated carbocycles. The summed E-state index contributed by atoms with van der Waals surface area (Å²) >= 11 is 3.61. The van der Waals surface area contributed by atoms with Gasteiger partial charge in [0.2, 0.25) is 0 Å². The third kappa shape index (κ3) is 2.41. The molecule has 132 valence electrons. The van der Waals surface area contributed by atoms with E-state index in [2.05, 4.69) is 114 Å². The van der Waals surface area contributed by atoms with Crippen molar-refractivity contribution in [3.63, 3.8) is 0 Å². The van der Waals surface area contributed by atoms with E-state index in [-0.39, 0.29) is 5.41 Å². The Balaban J connectivity index is 1.91. The first-order chi connectivity index (χ1) is 13.2. The Morgan fingerprint density at radius 2 is 1.48 bits per heavy atom. The van der Waals surface area contributed by atoms with Gasteiger partial charge in [-0.05, 0) is 57.9 Å². The topological polar surface area (TPSA) is 0 Å². The summed E-state index contributed by atoms with van der Waals surface area (Å²) in [5, 5.41) is 0. The zero-order chi connectivity index (χ0) is 18.4. The van der Waals surface area contributed by atoms with Crippen molar-refractivity contribution in [2.75, 3.05) is 0 Å². The second kappa shape index (κ2) is 6.35. The zero-order valence-electron chi connectivity index (χ0n) is 15.3. The summed E-state index contributed by atoms with van der Waals surface area (Å²) in [6.07, 6.45) is 5.80. The number of benzene rings is 3. The van der Waals surface area contributed by atoms with Crippen molar-refractivity contribution in [3.05, 3.63) is 123 Å². The van der Waals surface area contributed by atoms with Crippen molar-refractivity contribution >= 4 is 21.5 Å². The van der Waals surface area contributed by atoms with Gasteiger partial charge in [-0.25, -0.2) is 0 Å². The van der Waals surface area contributed by atoms with E-state index >= 15 is 0 Å². The number of allylic oxidation sites excluding steroid dienone is 4. The third-order valence-electron chi connectivity index (χ3n) is 6.00. The van der Waals surface area contributed by atoms with Gasteiger partial charge in [-0.2, -0.15) is 0 Å². The molecule has 0 aliphatic heterocycles. The molecule has 0 bridgehead atoms. The molecule has 27 heavy (non-hydrogen) atoms. The lowest BCUT2D eigenvalue weighted by Crippen LogP contribution is -2.31. The van der Waals surface area contributed by atoms with Crippen LogP contribution in [0.15, 0.2) is 101 Å². The minimum Gasteiger partial charge on any atom is -0.0808 e. The highest BCUT2D eigenvalue weighted by Crippen LogP contribution is 2.57. The second-order valence-electron chi connectivity index (χ2n) is 7.60. The van der Waals surface area contributed by atoms with Gasteiger partial charge >= 0.3 is 0 Å². The van der Waals surface area contributed by atoms with Crippen LogP contribution in [0.2, 0.25) is 0 Å². The molecule has 3 aromatic carbocycles. The molecule has 2 atom stereocenters. The van der Waals surface area contributed by atoms with Crippen LogP contribution in [0.5, 0.6) is 0 Å². The normalized spacial score (nSPS) is 23.3. The van der Waals surface area contributed by atoms with Crippen LogP contribution in [0, 0.1) is 5.92 Å². The highest BCUT2D eigenvalue weighted by atomic mass is 79.9. The van der Waals surface area contributed by atoms with Gasteiger partial charge in [0.15, 0.2) is 0 Å². The molecule has 0 fully saturated rings. The van der Waals surface area contributed by atoms with Crippen LogP contribution in [-0.2, 0) is 5.41 Å². The first kappa shape index (κ1) is 16.8. The van der Waals surface area contributed by atoms with E-state index in [0.717, 1.165) is 10.9 Å². The molecule has 0 saturated heterocycles. The van der Waals surface area contributed by atoms with Crippen LogP contribution >= 0.6 is 15.9 Å². The SMILES string of the molecule is CC1C=CC2=C(C1)C(c1ccccc1)(c1ccc(Br)cc1)c1ccccc12. The van der Waals surface area contributed by atoms with E-state index in [1.165, 1.54) is 33.4 Å². The van der Waals surface area contributed by atoms with Gasteiger partial charge in [0.25, 0.3) is 0 Å². The molecule has 0 heterocycles. The maximum Gasteiger partial charge on any atom is 0.0676 e. The molecule has 0 radical (unpaired) electrons. The van der Waals surface area contributed by atoms with E-state index in [9.17, 15) is 0 Å². The van der Waals surface area contributed by atoms with E-state index in [0.29, 0.717) is 5.92 Å². The lowest BCUT2D eigenvalue weighted by atomic mass is 9.65. The van der Waals surface area contributed by atoms with Gasteiger partial charge in [-0.1, -0.05) is 102 Å². The molecular formula is C26H21Br. The molecule has 5 rings (SSSR count). The third-order valence-corrected chi connectivity index (χ3v) is 6.53. The zero-order valence-corrected chi connectivity index (χ0v) is 16.9. The van der Waals surface area contributed by atoms with Crippen LogP contribution in [0.3, 0.4) is 0 Å². The lowest BCUT2D eigenvalue weighted by molar-refractivity contribution is 0.622. The molecular weight excluding hydrogens is 392 g/mol. The fourth-order valence-corrected chi connectivity index (χ4v) is 5.15. The summed E-state index contributed by atoms with van der Waals surface area (Å²) in [7, 11) is 0. The smallest absolute Gasteiger partial charge is 0.0676 e. The van der Waals surface area contributed by atoms with Crippen LogP contribution < -0.4 is 0 Å². The van der Waals surface area contributed by atoms with Crippen LogP contribution in [-0.4, -0.2) is 0 Å². The molecule has 0 aromatic heterocycles. The molecule has 0 spiro atoms. The molecule has 0 N–H and O–H groups in total. The Hall–Kier alpha value is -2.38. The van der Waals surface area contributed by atoms with Crippen molar-refractivity contribution in [2.24, 2.45) is 5.92 Å². The van der Waals surface area contributed by atoms with Crippen molar-refractivity contribution in [1.82, 2.24) is 0 Å². The van der Waals surface area contributed by atoms with Crippen LogP contribution in [0.4, 0.5) is 0 Å². The van der Waals surface area contributed by atoms with E-state index in [4.69, 9.17) is 0 Å². The van der Waals surface area contributed by atoms with Gasteiger partial charge in [-0.3, -0.25) is 0 Å². The monoisotopic (exact) mass is 412 g/mol. The summed E-state index contributed by atoms with van der Waals surface area (Å²) in [6.45, 7) is 2.32. The maximum atomic E-state index is 3.61. The molecule has 0 amide bonds. The predicted molar refractivity (Wildman–Crippen MR) is 117 cm³/mol. The fourth-order valence-electron chi connectivity index (χ4n) is 4.89.